The molecule has 2 aliphatic rings. The summed E-state index contributed by atoms with van der Waals surface area (Å²) in [5, 5.41) is 6.69. The second-order valence-electron chi connectivity index (χ2n) is 8.51. The molecule has 172 valence electrons. The van der Waals surface area contributed by atoms with Crippen LogP contribution in [0, 0.1) is 5.92 Å². The quantitative estimate of drug-likeness (QED) is 0.621. The molecule has 3 amide bonds. The molecule has 0 bridgehead atoms. The molecular weight excluding hydrogens is 442 g/mol. The molecule has 2 saturated heterocycles. The van der Waals surface area contributed by atoms with Crippen LogP contribution in [0.15, 0.2) is 59.8 Å². The van der Waals surface area contributed by atoms with Crippen molar-refractivity contribution in [2.75, 3.05) is 24.5 Å². The van der Waals surface area contributed by atoms with Crippen molar-refractivity contribution in [2.24, 2.45) is 5.92 Å². The van der Waals surface area contributed by atoms with Crippen molar-refractivity contribution in [3.8, 4) is 0 Å². The van der Waals surface area contributed by atoms with Crippen molar-refractivity contribution in [3.63, 3.8) is 0 Å². The first-order chi connectivity index (χ1) is 15.9. The Hall–Kier alpha value is -3.24. The molecule has 0 atom stereocenters. The highest BCUT2D eigenvalue weighted by Gasteiger charge is 2.30. The summed E-state index contributed by atoms with van der Waals surface area (Å²) in [5.41, 5.74) is 2.59. The maximum Gasteiger partial charge on any atom is 0.328 e. The first-order valence-electron chi connectivity index (χ1n) is 11.0. The van der Waals surface area contributed by atoms with Crippen LogP contribution >= 0.6 is 0 Å². The minimum absolute atomic E-state index is 0.257. The molecule has 2 aromatic heterocycles. The van der Waals surface area contributed by atoms with E-state index in [0.717, 1.165) is 30.3 Å². The number of imide groups is 1. The summed E-state index contributed by atoms with van der Waals surface area (Å²) in [4.78, 5) is 25.6. The summed E-state index contributed by atoms with van der Waals surface area (Å²) in [6.07, 6.45) is 6.18. The van der Waals surface area contributed by atoms with Gasteiger partial charge in [-0.1, -0.05) is 18.2 Å². The predicted octanol–water partition coefficient (Wildman–Crippen LogP) is 2.42. The predicted molar refractivity (Wildman–Crippen MR) is 122 cm³/mol. The number of pyridine rings is 1. The third-order valence-corrected chi connectivity index (χ3v) is 8.30. The van der Waals surface area contributed by atoms with E-state index in [4.69, 9.17) is 0 Å². The number of hydrogen-bond donors (Lipinski definition) is 1. The van der Waals surface area contributed by atoms with E-state index in [1.54, 1.807) is 44.2 Å². The van der Waals surface area contributed by atoms with Crippen molar-refractivity contribution < 1.29 is 18.0 Å². The van der Waals surface area contributed by atoms with Gasteiger partial charge in [0.15, 0.2) is 0 Å². The Kier molecular flexibility index (Phi) is 5.63. The fourth-order valence-electron chi connectivity index (χ4n) is 4.57. The van der Waals surface area contributed by atoms with Gasteiger partial charge < -0.3 is 0 Å². The molecular formula is C23H25N5O4S. The Morgan fingerprint density at radius 3 is 2.52 bits per heavy atom. The number of carbonyl (C=O) groups excluding carboxylic acids is 2. The number of amides is 3. The van der Waals surface area contributed by atoms with Gasteiger partial charge in [0.05, 0.1) is 22.3 Å². The lowest BCUT2D eigenvalue weighted by molar-refractivity contribution is -0.120. The van der Waals surface area contributed by atoms with E-state index in [-0.39, 0.29) is 12.3 Å². The number of piperidine rings is 1. The zero-order chi connectivity index (χ0) is 23.0. The minimum atomic E-state index is -3.45. The maximum absolute atomic E-state index is 12.9. The van der Waals surface area contributed by atoms with Crippen LogP contribution in [-0.2, 0) is 21.2 Å². The van der Waals surface area contributed by atoms with Crippen molar-refractivity contribution in [3.05, 3.63) is 60.4 Å². The van der Waals surface area contributed by atoms with E-state index in [9.17, 15) is 18.0 Å². The first-order valence-corrected chi connectivity index (χ1v) is 12.5. The van der Waals surface area contributed by atoms with Gasteiger partial charge >= 0.3 is 6.03 Å². The lowest BCUT2D eigenvalue weighted by atomic mass is 9.91. The first kappa shape index (κ1) is 21.6. The highest BCUT2D eigenvalue weighted by Crippen LogP contribution is 2.28. The van der Waals surface area contributed by atoms with Crippen LogP contribution in [0.5, 0.6) is 0 Å². The maximum atomic E-state index is 12.9. The van der Waals surface area contributed by atoms with Gasteiger partial charge in [0.2, 0.25) is 15.9 Å². The average molecular weight is 468 g/mol. The number of nitrogens with zero attached hydrogens (tertiary/aromatic N) is 4. The summed E-state index contributed by atoms with van der Waals surface area (Å²) in [5.74, 6) is 0.103. The van der Waals surface area contributed by atoms with E-state index < -0.39 is 16.1 Å². The summed E-state index contributed by atoms with van der Waals surface area (Å²) >= 11 is 0. The smallest absolute Gasteiger partial charge is 0.290 e. The van der Waals surface area contributed by atoms with E-state index in [2.05, 4.69) is 10.4 Å². The number of hydrogen-bond acceptors (Lipinski definition) is 5. The number of fused-ring (bicyclic) bond motifs is 1. The SMILES string of the molecule is O=C1CCN(c2cnn3ccc(CC4CCN(S(=O)(=O)c5ccccc5)CC4)cc23)C(=O)N1. The van der Waals surface area contributed by atoms with E-state index in [1.165, 1.54) is 0 Å². The van der Waals surface area contributed by atoms with Crippen LogP contribution in [0.3, 0.4) is 0 Å². The van der Waals surface area contributed by atoms with E-state index >= 15 is 0 Å². The molecule has 1 aromatic carbocycles. The number of carbonyl (C=O) groups is 2. The minimum Gasteiger partial charge on any atom is -0.290 e. The molecule has 10 heteroatoms. The third kappa shape index (κ3) is 4.23. The average Bonchev–Trinajstić information content (AvgIpc) is 3.23. The number of urea groups is 1. The van der Waals surface area contributed by atoms with Crippen LogP contribution in [0.25, 0.3) is 5.52 Å². The van der Waals surface area contributed by atoms with Gasteiger partial charge in [0, 0.05) is 32.3 Å². The molecule has 0 unspecified atom stereocenters. The Bertz CT molecular complexity index is 1300. The molecule has 1 N–H and O–H groups in total. The number of benzene rings is 1. The summed E-state index contributed by atoms with van der Waals surface area (Å²) < 4.78 is 29.0. The van der Waals surface area contributed by atoms with Gasteiger partial charge in [0.25, 0.3) is 0 Å². The highest BCUT2D eigenvalue weighted by molar-refractivity contribution is 7.89. The molecule has 9 nitrogen and oxygen atoms in total. The van der Waals surface area contributed by atoms with Crippen LogP contribution in [0.4, 0.5) is 10.5 Å². The molecule has 0 aliphatic carbocycles. The Balaban J connectivity index is 1.28. The zero-order valence-corrected chi connectivity index (χ0v) is 18.9. The molecule has 33 heavy (non-hydrogen) atoms. The van der Waals surface area contributed by atoms with Gasteiger partial charge in [-0.05, 0) is 55.0 Å². The molecule has 2 fully saturated rings. The standard InChI is InChI=1S/C23H25N5O4S/c29-22-9-12-27(23(30)25-22)21-16-24-28-13-8-18(15-20(21)28)14-17-6-10-26(11-7-17)33(31,32)19-4-2-1-3-5-19/h1-5,8,13,15-17H,6-7,9-12,14H2,(H,25,29,30). The van der Waals surface area contributed by atoms with Crippen LogP contribution in [0.1, 0.15) is 24.8 Å². The van der Waals surface area contributed by atoms with Crippen LogP contribution in [-0.4, -0.2) is 53.9 Å². The highest BCUT2D eigenvalue weighted by atomic mass is 32.2. The van der Waals surface area contributed by atoms with Crippen molar-refractivity contribution in [1.82, 2.24) is 19.2 Å². The Labute approximate surface area is 192 Å². The Morgan fingerprint density at radius 1 is 1.03 bits per heavy atom. The zero-order valence-electron chi connectivity index (χ0n) is 18.1. The fraction of sp³-hybridized carbons (Fsp3) is 0.348. The molecule has 5 rings (SSSR count). The molecule has 0 saturated carbocycles. The summed E-state index contributed by atoms with van der Waals surface area (Å²) in [6.45, 7) is 1.33. The number of aromatic nitrogens is 2. The van der Waals surface area contributed by atoms with Gasteiger partial charge in [0.1, 0.15) is 0 Å². The number of rotatable bonds is 5. The number of nitrogens with one attached hydrogen (secondary N) is 1. The molecule has 4 heterocycles. The summed E-state index contributed by atoms with van der Waals surface area (Å²) in [6, 6.07) is 12.2. The number of sulfonamides is 1. The Morgan fingerprint density at radius 2 is 1.79 bits per heavy atom. The second-order valence-corrected chi connectivity index (χ2v) is 10.5. The normalized spacial score (nSPS) is 18.6. The van der Waals surface area contributed by atoms with E-state index in [1.807, 2.05) is 24.4 Å². The molecule has 0 radical (unpaired) electrons. The van der Waals surface area contributed by atoms with Gasteiger partial charge in [-0.3, -0.25) is 15.0 Å². The molecule has 2 aliphatic heterocycles. The van der Waals surface area contributed by atoms with Crippen LogP contribution < -0.4 is 10.2 Å². The van der Waals surface area contributed by atoms with Gasteiger partial charge in [-0.2, -0.15) is 9.40 Å². The molecule has 3 aromatic rings. The molecule has 0 spiro atoms. The monoisotopic (exact) mass is 467 g/mol. The van der Waals surface area contributed by atoms with Gasteiger partial charge in [-0.25, -0.2) is 17.7 Å². The fourth-order valence-corrected chi connectivity index (χ4v) is 6.06. The van der Waals surface area contributed by atoms with Crippen molar-refractivity contribution >= 4 is 33.2 Å². The van der Waals surface area contributed by atoms with Crippen molar-refractivity contribution in [2.45, 2.75) is 30.6 Å². The lowest BCUT2D eigenvalue weighted by Crippen LogP contribution is -2.49. The lowest BCUT2D eigenvalue weighted by Gasteiger charge is -2.31. The van der Waals surface area contributed by atoms with Gasteiger partial charge in [-0.15, -0.1) is 0 Å². The van der Waals surface area contributed by atoms with E-state index in [0.29, 0.717) is 36.1 Å². The largest absolute Gasteiger partial charge is 0.328 e. The third-order valence-electron chi connectivity index (χ3n) is 6.39. The topological polar surface area (TPSA) is 104 Å². The van der Waals surface area contributed by atoms with Crippen LogP contribution in [0.2, 0.25) is 0 Å². The summed E-state index contributed by atoms with van der Waals surface area (Å²) in [7, 11) is -3.45. The number of anilines is 1. The second kappa shape index (κ2) is 8.60. The van der Waals surface area contributed by atoms with Crippen molar-refractivity contribution in [1.29, 1.82) is 0 Å².